The minimum atomic E-state index is -3.53. The zero-order chi connectivity index (χ0) is 13.1. The quantitative estimate of drug-likeness (QED) is 0.869. The summed E-state index contributed by atoms with van der Waals surface area (Å²) >= 11 is 0.949. The van der Waals surface area contributed by atoms with Crippen molar-refractivity contribution in [3.8, 4) is 6.07 Å². The van der Waals surface area contributed by atoms with Gasteiger partial charge in [0.2, 0.25) is 0 Å². The summed E-state index contributed by atoms with van der Waals surface area (Å²) in [6.45, 7) is 1.86. The molecule has 0 fully saturated rings. The first-order valence-corrected chi connectivity index (χ1v) is 7.28. The van der Waals surface area contributed by atoms with Crippen molar-refractivity contribution in [1.29, 1.82) is 5.26 Å². The molecule has 7 heteroatoms. The van der Waals surface area contributed by atoms with Crippen molar-refractivity contribution in [2.24, 2.45) is 0 Å². The zero-order valence-electron chi connectivity index (χ0n) is 9.62. The molecule has 17 heavy (non-hydrogen) atoms. The molecule has 1 aromatic heterocycles. The second-order valence-electron chi connectivity index (χ2n) is 3.69. The molecule has 1 aromatic rings. The number of aliphatic hydroxyl groups is 1. The van der Waals surface area contributed by atoms with Gasteiger partial charge in [0.25, 0.3) is 10.0 Å². The van der Waals surface area contributed by atoms with Crippen LogP contribution in [0.15, 0.2) is 16.3 Å². The molecule has 0 aliphatic rings. The molecule has 1 unspecified atom stereocenters. The van der Waals surface area contributed by atoms with E-state index in [9.17, 15) is 8.42 Å². The van der Waals surface area contributed by atoms with Crippen LogP contribution in [-0.2, 0) is 10.0 Å². The number of hydrogen-bond acceptors (Lipinski definition) is 5. The van der Waals surface area contributed by atoms with Gasteiger partial charge in [-0.1, -0.05) is 0 Å². The maximum Gasteiger partial charge on any atom is 0.252 e. The van der Waals surface area contributed by atoms with Crippen LogP contribution in [0.2, 0.25) is 0 Å². The first kappa shape index (κ1) is 14.1. The van der Waals surface area contributed by atoms with Gasteiger partial charge in [0.1, 0.15) is 15.2 Å². The van der Waals surface area contributed by atoms with E-state index in [1.165, 1.54) is 23.5 Å². The van der Waals surface area contributed by atoms with Gasteiger partial charge in [0.05, 0.1) is 6.10 Å². The Balaban J connectivity index is 2.84. The Labute approximate surface area is 105 Å². The molecular formula is C10H14N2O3S2. The predicted octanol–water partition coefficient (Wildman–Crippen LogP) is 1.01. The second kappa shape index (κ2) is 5.60. The number of sulfonamides is 1. The molecule has 0 amide bonds. The van der Waals surface area contributed by atoms with Gasteiger partial charge in [-0.2, -0.15) is 5.26 Å². The molecular weight excluding hydrogens is 260 g/mol. The largest absolute Gasteiger partial charge is 0.393 e. The minimum Gasteiger partial charge on any atom is -0.393 e. The van der Waals surface area contributed by atoms with E-state index in [0.717, 1.165) is 11.3 Å². The van der Waals surface area contributed by atoms with Gasteiger partial charge < -0.3 is 5.11 Å². The van der Waals surface area contributed by atoms with Crippen LogP contribution in [0.25, 0.3) is 0 Å². The van der Waals surface area contributed by atoms with Crippen molar-refractivity contribution >= 4 is 21.4 Å². The number of rotatable bonds is 5. The average Bonchev–Trinajstić information content (AvgIpc) is 2.74. The Hall–Kier alpha value is -0.940. The molecule has 0 saturated carbocycles. The standard InChI is InChI=1S/C10H14N2O3S2/c1-8(13)5-6-12(2)17(14,15)10-4-3-9(7-11)16-10/h3-4,8,13H,5-6H2,1-2H3. The summed E-state index contributed by atoms with van der Waals surface area (Å²) in [5.41, 5.74) is 0. The molecule has 1 atom stereocenters. The fourth-order valence-corrected chi connectivity index (χ4v) is 3.66. The van der Waals surface area contributed by atoms with Crippen LogP contribution in [-0.4, -0.2) is 37.5 Å². The minimum absolute atomic E-state index is 0.155. The highest BCUT2D eigenvalue weighted by Gasteiger charge is 2.22. The number of thiophene rings is 1. The SMILES string of the molecule is CC(O)CCN(C)S(=O)(=O)c1ccc(C#N)s1. The summed E-state index contributed by atoms with van der Waals surface area (Å²) in [6, 6.07) is 4.82. The van der Waals surface area contributed by atoms with E-state index in [2.05, 4.69) is 0 Å². The molecule has 1 N–H and O–H groups in total. The van der Waals surface area contributed by atoms with Crippen LogP contribution in [0, 0.1) is 11.3 Å². The predicted molar refractivity (Wildman–Crippen MR) is 65.1 cm³/mol. The van der Waals surface area contributed by atoms with Gasteiger partial charge >= 0.3 is 0 Å². The van der Waals surface area contributed by atoms with Gasteiger partial charge in [0, 0.05) is 13.6 Å². The fourth-order valence-electron chi connectivity index (χ4n) is 1.16. The van der Waals surface area contributed by atoms with Gasteiger partial charge in [-0.25, -0.2) is 12.7 Å². The molecule has 1 heterocycles. The van der Waals surface area contributed by atoms with Gasteiger partial charge in [0.15, 0.2) is 0 Å². The summed E-state index contributed by atoms with van der Waals surface area (Å²) in [6.07, 6.45) is -0.155. The molecule has 5 nitrogen and oxygen atoms in total. The molecule has 0 radical (unpaired) electrons. The van der Waals surface area contributed by atoms with Crippen molar-refractivity contribution in [2.75, 3.05) is 13.6 Å². The van der Waals surface area contributed by atoms with Crippen molar-refractivity contribution in [2.45, 2.75) is 23.7 Å². The lowest BCUT2D eigenvalue weighted by atomic mass is 10.3. The zero-order valence-corrected chi connectivity index (χ0v) is 11.3. The van der Waals surface area contributed by atoms with Crippen molar-refractivity contribution in [3.05, 3.63) is 17.0 Å². The van der Waals surface area contributed by atoms with E-state index in [1.54, 1.807) is 6.92 Å². The van der Waals surface area contributed by atoms with Crippen molar-refractivity contribution in [1.82, 2.24) is 4.31 Å². The van der Waals surface area contributed by atoms with Gasteiger partial charge in [-0.15, -0.1) is 11.3 Å². The molecule has 0 spiro atoms. The average molecular weight is 274 g/mol. The van der Waals surface area contributed by atoms with Gasteiger partial charge in [-0.05, 0) is 25.5 Å². The number of aliphatic hydroxyl groups excluding tert-OH is 1. The first-order valence-electron chi connectivity index (χ1n) is 5.02. The molecule has 0 aliphatic heterocycles. The molecule has 0 aliphatic carbocycles. The van der Waals surface area contributed by atoms with E-state index in [0.29, 0.717) is 11.3 Å². The first-order chi connectivity index (χ1) is 7.87. The van der Waals surface area contributed by atoms with E-state index < -0.39 is 16.1 Å². The van der Waals surface area contributed by atoms with Crippen LogP contribution >= 0.6 is 11.3 Å². The third kappa shape index (κ3) is 3.51. The Morgan fingerprint density at radius 1 is 1.59 bits per heavy atom. The number of nitrogens with zero attached hydrogens (tertiary/aromatic N) is 2. The highest BCUT2D eigenvalue weighted by Crippen LogP contribution is 2.23. The molecule has 0 saturated heterocycles. The molecule has 0 aromatic carbocycles. The Kier molecular flexibility index (Phi) is 4.65. The van der Waals surface area contributed by atoms with Crippen molar-refractivity contribution in [3.63, 3.8) is 0 Å². The number of nitriles is 1. The third-order valence-electron chi connectivity index (χ3n) is 2.22. The van der Waals surface area contributed by atoms with Crippen LogP contribution < -0.4 is 0 Å². The van der Waals surface area contributed by atoms with E-state index in [-0.39, 0.29) is 10.8 Å². The lowest BCUT2D eigenvalue weighted by Gasteiger charge is -2.16. The van der Waals surface area contributed by atoms with Crippen LogP contribution in [0.4, 0.5) is 0 Å². The highest BCUT2D eigenvalue weighted by atomic mass is 32.2. The summed E-state index contributed by atoms with van der Waals surface area (Å²) in [4.78, 5) is 0.368. The maximum absolute atomic E-state index is 12.0. The summed E-state index contributed by atoms with van der Waals surface area (Å²) in [5, 5.41) is 17.8. The van der Waals surface area contributed by atoms with E-state index in [4.69, 9.17) is 10.4 Å². The van der Waals surface area contributed by atoms with Gasteiger partial charge in [-0.3, -0.25) is 0 Å². The summed E-state index contributed by atoms with van der Waals surface area (Å²) in [7, 11) is -2.07. The van der Waals surface area contributed by atoms with E-state index >= 15 is 0 Å². The van der Waals surface area contributed by atoms with Crippen LogP contribution in [0.3, 0.4) is 0 Å². The maximum atomic E-state index is 12.0. The fraction of sp³-hybridized carbons (Fsp3) is 0.500. The Morgan fingerprint density at radius 2 is 2.24 bits per heavy atom. The summed E-state index contributed by atoms with van der Waals surface area (Å²) < 4.78 is 25.4. The second-order valence-corrected chi connectivity index (χ2v) is 7.05. The monoisotopic (exact) mass is 274 g/mol. The molecule has 94 valence electrons. The third-order valence-corrected chi connectivity index (χ3v) is 5.53. The normalized spacial score (nSPS) is 13.6. The van der Waals surface area contributed by atoms with E-state index in [1.807, 2.05) is 6.07 Å². The lowest BCUT2D eigenvalue weighted by molar-refractivity contribution is 0.177. The smallest absolute Gasteiger partial charge is 0.252 e. The Bertz CT molecular complexity index is 514. The van der Waals surface area contributed by atoms with Crippen LogP contribution in [0.1, 0.15) is 18.2 Å². The van der Waals surface area contributed by atoms with Crippen molar-refractivity contribution < 1.29 is 13.5 Å². The Morgan fingerprint density at radius 3 is 2.71 bits per heavy atom. The summed E-state index contributed by atoms with van der Waals surface area (Å²) in [5.74, 6) is 0. The molecule has 0 bridgehead atoms. The highest BCUT2D eigenvalue weighted by molar-refractivity contribution is 7.91. The lowest BCUT2D eigenvalue weighted by Crippen LogP contribution is -2.29. The number of hydrogen-bond donors (Lipinski definition) is 1. The van der Waals surface area contributed by atoms with Crippen LogP contribution in [0.5, 0.6) is 0 Å². The molecule has 1 rings (SSSR count). The topological polar surface area (TPSA) is 81.4 Å².